The number of H-pyrrole nitrogens is 1. The van der Waals surface area contributed by atoms with Gasteiger partial charge in [-0.15, -0.1) is 0 Å². The number of fused-ring (bicyclic) bond motifs is 1. The van der Waals surface area contributed by atoms with Gasteiger partial charge in [0, 0.05) is 35.8 Å². The second-order valence-corrected chi connectivity index (χ2v) is 5.29. The van der Waals surface area contributed by atoms with Crippen LogP contribution in [0.15, 0.2) is 30.5 Å². The summed E-state index contributed by atoms with van der Waals surface area (Å²) in [5, 5.41) is 1.17. The Hall–Kier alpha value is -2.27. The van der Waals surface area contributed by atoms with Crippen molar-refractivity contribution in [3.8, 4) is 5.75 Å². The number of nitrogens with one attached hydrogen (secondary N) is 1. The van der Waals surface area contributed by atoms with E-state index in [1.54, 1.807) is 7.11 Å². The molecule has 2 heterocycles. The van der Waals surface area contributed by atoms with Crippen LogP contribution in [0.3, 0.4) is 0 Å². The maximum Gasteiger partial charge on any atom is 0.231 e. The highest BCUT2D eigenvalue weighted by atomic mass is 16.5. The molecule has 5 heteroatoms. The third kappa shape index (κ3) is 2.78. The monoisotopic (exact) mass is 285 g/mol. The van der Waals surface area contributed by atoms with E-state index in [4.69, 9.17) is 10.5 Å². The second kappa shape index (κ2) is 5.61. The smallest absolute Gasteiger partial charge is 0.231 e. The van der Waals surface area contributed by atoms with Crippen LogP contribution in [-0.4, -0.2) is 42.5 Å². The number of benzene rings is 1. The normalized spacial score (nSPS) is 16.0. The van der Waals surface area contributed by atoms with Crippen LogP contribution >= 0.6 is 0 Å². The summed E-state index contributed by atoms with van der Waals surface area (Å²) in [5.41, 5.74) is 8.85. The van der Waals surface area contributed by atoms with Gasteiger partial charge in [0.25, 0.3) is 0 Å². The first kappa shape index (κ1) is 13.7. The lowest BCUT2D eigenvalue weighted by Crippen LogP contribution is -2.36. The van der Waals surface area contributed by atoms with Gasteiger partial charge in [-0.2, -0.15) is 0 Å². The molecule has 2 aromatic rings. The van der Waals surface area contributed by atoms with Gasteiger partial charge in [-0.25, -0.2) is 0 Å². The van der Waals surface area contributed by atoms with Gasteiger partial charge in [-0.05, 0) is 30.2 Å². The number of carbonyl (C=O) groups excluding carboxylic acids is 1. The minimum atomic E-state index is -0.274. The zero-order valence-corrected chi connectivity index (χ0v) is 12.1. The SMILES string of the molecule is COc1ccc2[nH]cc(C3=CCN(CC(N)=O)CC3)c2c1. The molecule has 5 nitrogen and oxygen atoms in total. The quantitative estimate of drug-likeness (QED) is 0.899. The first-order valence-corrected chi connectivity index (χ1v) is 7.02. The van der Waals surface area contributed by atoms with E-state index < -0.39 is 0 Å². The lowest BCUT2D eigenvalue weighted by atomic mass is 9.99. The molecule has 0 radical (unpaired) electrons. The van der Waals surface area contributed by atoms with Crippen LogP contribution in [0.5, 0.6) is 5.75 Å². The van der Waals surface area contributed by atoms with Crippen LogP contribution in [0.2, 0.25) is 0 Å². The number of methoxy groups -OCH3 is 1. The molecule has 1 amide bonds. The molecule has 0 aliphatic carbocycles. The van der Waals surface area contributed by atoms with E-state index in [0.717, 1.165) is 30.8 Å². The number of hydrogen-bond donors (Lipinski definition) is 2. The molecular formula is C16H19N3O2. The number of aromatic amines is 1. The molecule has 0 bridgehead atoms. The van der Waals surface area contributed by atoms with Crippen molar-refractivity contribution in [1.29, 1.82) is 0 Å². The number of nitrogens with zero attached hydrogens (tertiary/aromatic N) is 1. The van der Waals surface area contributed by atoms with Crippen molar-refractivity contribution in [2.24, 2.45) is 5.73 Å². The summed E-state index contributed by atoms with van der Waals surface area (Å²) >= 11 is 0. The van der Waals surface area contributed by atoms with Gasteiger partial charge >= 0.3 is 0 Å². The summed E-state index contributed by atoms with van der Waals surface area (Å²) < 4.78 is 5.30. The van der Waals surface area contributed by atoms with Gasteiger partial charge < -0.3 is 15.5 Å². The van der Waals surface area contributed by atoms with E-state index in [2.05, 4.69) is 22.0 Å². The zero-order chi connectivity index (χ0) is 14.8. The fraction of sp³-hybridized carbons (Fsp3) is 0.312. The highest BCUT2D eigenvalue weighted by Gasteiger charge is 2.16. The Bertz CT molecular complexity index is 703. The zero-order valence-electron chi connectivity index (χ0n) is 12.1. The topological polar surface area (TPSA) is 71.3 Å². The molecule has 0 atom stereocenters. The number of hydrogen-bond acceptors (Lipinski definition) is 3. The van der Waals surface area contributed by atoms with Crippen LogP contribution in [-0.2, 0) is 4.79 Å². The average molecular weight is 285 g/mol. The summed E-state index contributed by atoms with van der Waals surface area (Å²) in [6.45, 7) is 1.94. The van der Waals surface area contributed by atoms with Crippen LogP contribution in [0.1, 0.15) is 12.0 Å². The fourth-order valence-electron chi connectivity index (χ4n) is 2.81. The van der Waals surface area contributed by atoms with E-state index in [1.165, 1.54) is 16.5 Å². The third-order valence-corrected chi connectivity index (χ3v) is 3.91. The number of nitrogens with two attached hydrogens (primary N) is 1. The summed E-state index contributed by atoms with van der Waals surface area (Å²) in [4.78, 5) is 16.3. The van der Waals surface area contributed by atoms with Crippen LogP contribution in [0.25, 0.3) is 16.5 Å². The Balaban J connectivity index is 1.87. The minimum absolute atomic E-state index is 0.274. The van der Waals surface area contributed by atoms with Crippen molar-refractivity contribution in [2.45, 2.75) is 6.42 Å². The minimum Gasteiger partial charge on any atom is -0.497 e. The van der Waals surface area contributed by atoms with Gasteiger partial charge in [0.15, 0.2) is 0 Å². The maximum atomic E-state index is 11.0. The molecular weight excluding hydrogens is 266 g/mol. The number of amides is 1. The highest BCUT2D eigenvalue weighted by molar-refractivity contribution is 5.93. The van der Waals surface area contributed by atoms with Crippen molar-refractivity contribution in [2.75, 3.05) is 26.7 Å². The number of carbonyl (C=O) groups is 1. The van der Waals surface area contributed by atoms with Gasteiger partial charge in [-0.3, -0.25) is 9.69 Å². The first-order chi connectivity index (χ1) is 10.2. The largest absolute Gasteiger partial charge is 0.497 e. The van der Waals surface area contributed by atoms with E-state index in [9.17, 15) is 4.79 Å². The maximum absolute atomic E-state index is 11.0. The van der Waals surface area contributed by atoms with Crippen LogP contribution in [0, 0.1) is 0 Å². The van der Waals surface area contributed by atoms with Gasteiger partial charge in [0.1, 0.15) is 5.75 Å². The summed E-state index contributed by atoms with van der Waals surface area (Å²) in [6.07, 6.45) is 5.13. The Morgan fingerprint density at radius 1 is 1.48 bits per heavy atom. The molecule has 110 valence electrons. The van der Waals surface area contributed by atoms with Crippen molar-refractivity contribution in [3.63, 3.8) is 0 Å². The van der Waals surface area contributed by atoms with Crippen molar-refractivity contribution in [3.05, 3.63) is 36.0 Å². The molecule has 0 saturated heterocycles. The molecule has 0 unspecified atom stereocenters. The summed E-state index contributed by atoms with van der Waals surface area (Å²) in [6, 6.07) is 6.03. The summed E-state index contributed by atoms with van der Waals surface area (Å²) in [5.74, 6) is 0.582. The molecule has 3 rings (SSSR count). The number of primary amides is 1. The third-order valence-electron chi connectivity index (χ3n) is 3.91. The van der Waals surface area contributed by atoms with Crippen molar-refractivity contribution >= 4 is 22.4 Å². The number of rotatable bonds is 4. The Morgan fingerprint density at radius 2 is 2.33 bits per heavy atom. The molecule has 1 aromatic heterocycles. The molecule has 21 heavy (non-hydrogen) atoms. The van der Waals surface area contributed by atoms with Crippen molar-refractivity contribution in [1.82, 2.24) is 9.88 Å². The molecule has 1 aliphatic heterocycles. The van der Waals surface area contributed by atoms with Crippen LogP contribution in [0.4, 0.5) is 0 Å². The molecule has 0 fully saturated rings. The predicted octanol–water partition coefficient (Wildman–Crippen LogP) is 1.75. The highest BCUT2D eigenvalue weighted by Crippen LogP contribution is 2.31. The molecule has 3 N–H and O–H groups in total. The van der Waals surface area contributed by atoms with Crippen LogP contribution < -0.4 is 10.5 Å². The number of ether oxygens (including phenoxy) is 1. The van der Waals surface area contributed by atoms with E-state index in [0.29, 0.717) is 6.54 Å². The van der Waals surface area contributed by atoms with E-state index in [-0.39, 0.29) is 5.91 Å². The van der Waals surface area contributed by atoms with Gasteiger partial charge in [-0.1, -0.05) is 6.08 Å². The fourth-order valence-corrected chi connectivity index (χ4v) is 2.81. The molecule has 0 saturated carbocycles. The molecule has 1 aromatic carbocycles. The predicted molar refractivity (Wildman–Crippen MR) is 83.1 cm³/mol. The summed E-state index contributed by atoms with van der Waals surface area (Å²) in [7, 11) is 1.68. The van der Waals surface area contributed by atoms with Gasteiger partial charge in [0.05, 0.1) is 13.7 Å². The van der Waals surface area contributed by atoms with E-state index >= 15 is 0 Å². The van der Waals surface area contributed by atoms with Crippen molar-refractivity contribution < 1.29 is 9.53 Å². The molecule has 1 aliphatic rings. The lowest BCUT2D eigenvalue weighted by molar-refractivity contribution is -0.119. The Kier molecular flexibility index (Phi) is 3.66. The molecule has 0 spiro atoms. The number of aromatic nitrogens is 1. The second-order valence-electron chi connectivity index (χ2n) is 5.29. The van der Waals surface area contributed by atoms with E-state index in [1.807, 2.05) is 18.3 Å². The first-order valence-electron chi connectivity index (χ1n) is 7.02. The standard InChI is InChI=1S/C16H19N3O2/c1-21-12-2-3-15-13(8-12)14(9-18-15)11-4-6-19(7-5-11)10-16(17)20/h2-4,8-9,18H,5-7,10H2,1H3,(H2,17,20). The Morgan fingerprint density at radius 3 is 3.00 bits per heavy atom. The lowest BCUT2D eigenvalue weighted by Gasteiger charge is -2.24. The Labute approximate surface area is 123 Å². The van der Waals surface area contributed by atoms with Gasteiger partial charge in [0.2, 0.25) is 5.91 Å². The average Bonchev–Trinajstić information content (AvgIpc) is 2.90.